The number of nitrogens with zero attached hydrogens (tertiary/aromatic N) is 2. The summed E-state index contributed by atoms with van der Waals surface area (Å²) >= 11 is 0. The molecule has 0 spiro atoms. The molecule has 2 heterocycles. The quantitative estimate of drug-likeness (QED) is 0.854. The van der Waals surface area contributed by atoms with Crippen LogP contribution in [0, 0.1) is 6.92 Å². The molecule has 124 valence electrons. The molecular weight excluding hydrogens is 294 g/mol. The lowest BCUT2D eigenvalue weighted by atomic mass is 9.87. The van der Waals surface area contributed by atoms with Crippen molar-refractivity contribution in [3.05, 3.63) is 35.4 Å². The maximum atomic E-state index is 13.0. The molecule has 0 radical (unpaired) electrons. The first-order valence-corrected chi connectivity index (χ1v) is 8.08. The summed E-state index contributed by atoms with van der Waals surface area (Å²) in [5.41, 5.74) is 1.02. The van der Waals surface area contributed by atoms with Crippen LogP contribution in [0.5, 0.6) is 0 Å². The predicted octanol–water partition coefficient (Wildman–Crippen LogP) is 1.44. The highest BCUT2D eigenvalue weighted by atomic mass is 16.5. The summed E-state index contributed by atoms with van der Waals surface area (Å²) in [6.07, 6.45) is 0.528. The Bertz CT molecular complexity index is 596. The van der Waals surface area contributed by atoms with Gasteiger partial charge in [0, 0.05) is 13.1 Å². The average Bonchev–Trinajstić information content (AvgIpc) is 2.82. The van der Waals surface area contributed by atoms with E-state index in [1.807, 2.05) is 38.1 Å². The molecule has 2 aliphatic rings. The molecule has 2 saturated heterocycles. The number of rotatable bonds is 4. The summed E-state index contributed by atoms with van der Waals surface area (Å²) in [6, 6.07) is 7.47. The van der Waals surface area contributed by atoms with Crippen molar-refractivity contribution in [2.24, 2.45) is 0 Å². The first-order chi connectivity index (χ1) is 11.1. The Kier molecular flexibility index (Phi) is 4.37. The molecule has 1 N–H and O–H groups in total. The van der Waals surface area contributed by atoms with Crippen LogP contribution in [0.4, 0.5) is 4.79 Å². The summed E-state index contributed by atoms with van der Waals surface area (Å²) in [6.45, 7) is 7.00. The fraction of sp³-hybridized carbons (Fsp3) is 0.529. The van der Waals surface area contributed by atoms with E-state index in [9.17, 15) is 9.59 Å². The maximum absolute atomic E-state index is 13.0. The number of urea groups is 1. The number of hydrogen-bond donors (Lipinski definition) is 1. The third kappa shape index (κ3) is 2.84. The molecule has 0 unspecified atom stereocenters. The number of aryl methyl sites for hydroxylation is 1. The topological polar surface area (TPSA) is 61.9 Å². The standard InChI is InChI=1S/C17H23N3O3/c1-3-17(14-6-4-13(2)5-7-14)15(21)20(16(22)18-17)12-19-8-10-23-11-9-19/h4-7H,3,8-12H2,1-2H3,(H,18,22)/t17-/m0/s1. The summed E-state index contributed by atoms with van der Waals surface area (Å²) in [7, 11) is 0. The summed E-state index contributed by atoms with van der Waals surface area (Å²) in [4.78, 5) is 28.8. The van der Waals surface area contributed by atoms with E-state index < -0.39 is 5.54 Å². The fourth-order valence-electron chi connectivity index (χ4n) is 3.17. The molecule has 1 aromatic rings. The van der Waals surface area contributed by atoms with Gasteiger partial charge in [-0.05, 0) is 18.9 Å². The highest BCUT2D eigenvalue weighted by Crippen LogP contribution is 2.32. The molecule has 0 saturated carbocycles. The van der Waals surface area contributed by atoms with Crippen LogP contribution in [-0.2, 0) is 15.1 Å². The Morgan fingerprint density at radius 2 is 1.83 bits per heavy atom. The molecule has 2 aliphatic heterocycles. The van der Waals surface area contributed by atoms with Crippen molar-refractivity contribution in [3.63, 3.8) is 0 Å². The van der Waals surface area contributed by atoms with Gasteiger partial charge in [-0.3, -0.25) is 9.69 Å². The molecule has 3 rings (SSSR count). The van der Waals surface area contributed by atoms with Crippen LogP contribution in [0.15, 0.2) is 24.3 Å². The lowest BCUT2D eigenvalue weighted by Gasteiger charge is -2.30. The molecule has 1 aromatic carbocycles. The first kappa shape index (κ1) is 16.0. The van der Waals surface area contributed by atoms with Gasteiger partial charge in [-0.25, -0.2) is 9.69 Å². The number of benzene rings is 1. The number of carbonyl (C=O) groups excluding carboxylic acids is 2. The zero-order valence-corrected chi connectivity index (χ0v) is 13.7. The van der Waals surface area contributed by atoms with Gasteiger partial charge in [-0.2, -0.15) is 0 Å². The van der Waals surface area contributed by atoms with Gasteiger partial charge >= 0.3 is 6.03 Å². The zero-order chi connectivity index (χ0) is 16.4. The molecule has 1 atom stereocenters. The molecular formula is C17H23N3O3. The Morgan fingerprint density at radius 1 is 1.17 bits per heavy atom. The van der Waals surface area contributed by atoms with Crippen LogP contribution < -0.4 is 5.32 Å². The van der Waals surface area contributed by atoms with Crippen molar-refractivity contribution < 1.29 is 14.3 Å². The van der Waals surface area contributed by atoms with E-state index in [2.05, 4.69) is 10.2 Å². The zero-order valence-electron chi connectivity index (χ0n) is 13.7. The molecule has 6 heteroatoms. The molecule has 0 aliphatic carbocycles. The van der Waals surface area contributed by atoms with Gasteiger partial charge in [0.2, 0.25) is 0 Å². The van der Waals surface area contributed by atoms with Crippen molar-refractivity contribution in [2.45, 2.75) is 25.8 Å². The molecule has 2 fully saturated rings. The van der Waals surface area contributed by atoms with E-state index in [0.29, 0.717) is 26.3 Å². The smallest absolute Gasteiger partial charge is 0.326 e. The Balaban J connectivity index is 1.84. The second-order valence-electron chi connectivity index (χ2n) is 6.16. The first-order valence-electron chi connectivity index (χ1n) is 8.08. The maximum Gasteiger partial charge on any atom is 0.326 e. The van der Waals surface area contributed by atoms with Gasteiger partial charge in [0.15, 0.2) is 0 Å². The average molecular weight is 317 g/mol. The normalized spacial score (nSPS) is 25.7. The molecule has 0 bridgehead atoms. The minimum Gasteiger partial charge on any atom is -0.379 e. The SMILES string of the molecule is CC[C@@]1(c2ccc(C)cc2)NC(=O)N(CN2CCOCC2)C1=O. The number of hydrogen-bond acceptors (Lipinski definition) is 4. The third-order valence-corrected chi connectivity index (χ3v) is 4.70. The van der Waals surface area contributed by atoms with Crippen LogP contribution in [0.3, 0.4) is 0 Å². The minimum absolute atomic E-state index is 0.166. The minimum atomic E-state index is -0.947. The van der Waals surface area contributed by atoms with E-state index >= 15 is 0 Å². The summed E-state index contributed by atoms with van der Waals surface area (Å²) in [5, 5.41) is 2.92. The third-order valence-electron chi connectivity index (χ3n) is 4.70. The van der Waals surface area contributed by atoms with Crippen LogP contribution >= 0.6 is 0 Å². The van der Waals surface area contributed by atoms with Crippen molar-refractivity contribution in [1.82, 2.24) is 15.1 Å². The Labute approximate surface area is 136 Å². The number of amides is 3. The van der Waals surface area contributed by atoms with E-state index in [-0.39, 0.29) is 11.9 Å². The van der Waals surface area contributed by atoms with Gasteiger partial charge in [-0.15, -0.1) is 0 Å². The van der Waals surface area contributed by atoms with Crippen LogP contribution in [0.25, 0.3) is 0 Å². The number of nitrogens with one attached hydrogen (secondary N) is 1. The predicted molar refractivity (Wildman–Crippen MR) is 85.8 cm³/mol. The largest absolute Gasteiger partial charge is 0.379 e. The van der Waals surface area contributed by atoms with Crippen molar-refractivity contribution in [2.75, 3.05) is 33.0 Å². The number of imide groups is 1. The number of carbonyl (C=O) groups is 2. The van der Waals surface area contributed by atoms with Gasteiger partial charge in [0.1, 0.15) is 5.54 Å². The van der Waals surface area contributed by atoms with E-state index in [4.69, 9.17) is 4.74 Å². The van der Waals surface area contributed by atoms with Gasteiger partial charge in [-0.1, -0.05) is 36.8 Å². The van der Waals surface area contributed by atoms with Gasteiger partial charge < -0.3 is 10.1 Å². The highest BCUT2D eigenvalue weighted by Gasteiger charge is 2.51. The van der Waals surface area contributed by atoms with Crippen molar-refractivity contribution in [3.8, 4) is 0 Å². The van der Waals surface area contributed by atoms with Crippen LogP contribution in [-0.4, -0.2) is 54.7 Å². The monoisotopic (exact) mass is 317 g/mol. The highest BCUT2D eigenvalue weighted by molar-refractivity contribution is 6.07. The number of ether oxygens (including phenoxy) is 1. The summed E-state index contributed by atoms with van der Waals surface area (Å²) in [5.74, 6) is -0.166. The second-order valence-corrected chi connectivity index (χ2v) is 6.16. The van der Waals surface area contributed by atoms with E-state index in [1.54, 1.807) is 0 Å². The van der Waals surface area contributed by atoms with Gasteiger partial charge in [0.25, 0.3) is 5.91 Å². The molecule has 3 amide bonds. The van der Waals surface area contributed by atoms with Gasteiger partial charge in [0.05, 0.1) is 19.9 Å². The second kappa shape index (κ2) is 6.29. The van der Waals surface area contributed by atoms with Crippen molar-refractivity contribution in [1.29, 1.82) is 0 Å². The van der Waals surface area contributed by atoms with Crippen LogP contribution in [0.2, 0.25) is 0 Å². The Morgan fingerprint density at radius 3 is 2.43 bits per heavy atom. The molecule has 6 nitrogen and oxygen atoms in total. The molecule has 23 heavy (non-hydrogen) atoms. The summed E-state index contributed by atoms with van der Waals surface area (Å²) < 4.78 is 5.31. The molecule has 0 aromatic heterocycles. The van der Waals surface area contributed by atoms with Crippen molar-refractivity contribution >= 4 is 11.9 Å². The fourth-order valence-corrected chi connectivity index (χ4v) is 3.17. The number of morpholine rings is 1. The van der Waals surface area contributed by atoms with E-state index in [1.165, 1.54) is 4.90 Å². The lowest BCUT2D eigenvalue weighted by Crippen LogP contribution is -2.47. The lowest BCUT2D eigenvalue weighted by molar-refractivity contribution is -0.133. The Hall–Kier alpha value is -1.92. The van der Waals surface area contributed by atoms with Crippen LogP contribution in [0.1, 0.15) is 24.5 Å². The van der Waals surface area contributed by atoms with E-state index in [0.717, 1.165) is 24.2 Å².